The number of rotatable bonds is 6. The van der Waals surface area contributed by atoms with Crippen molar-refractivity contribution in [1.82, 2.24) is 15.0 Å². The van der Waals surface area contributed by atoms with E-state index in [1.165, 1.54) is 12.1 Å². The van der Waals surface area contributed by atoms with E-state index < -0.39 is 11.2 Å². The van der Waals surface area contributed by atoms with Gasteiger partial charge in [0.1, 0.15) is 17.5 Å². The van der Waals surface area contributed by atoms with Crippen LogP contribution in [0.25, 0.3) is 0 Å². The van der Waals surface area contributed by atoms with Crippen LogP contribution in [0.3, 0.4) is 0 Å². The van der Waals surface area contributed by atoms with Gasteiger partial charge in [-0.2, -0.15) is 0 Å². The van der Waals surface area contributed by atoms with Gasteiger partial charge in [0.05, 0.1) is 30.6 Å². The van der Waals surface area contributed by atoms with Crippen LogP contribution in [-0.2, 0) is 10.2 Å². The zero-order valence-corrected chi connectivity index (χ0v) is 18.0. The second-order valence-electron chi connectivity index (χ2n) is 8.50. The van der Waals surface area contributed by atoms with Gasteiger partial charge in [0.2, 0.25) is 5.91 Å². The fraction of sp³-hybridized carbons (Fsp3) is 0.333. The number of anilines is 1. The van der Waals surface area contributed by atoms with E-state index >= 15 is 0 Å². The maximum absolute atomic E-state index is 13.3. The Balaban J connectivity index is 1.64. The SMILES string of the molecule is Cc1ncc(OCC2(c3ccccc3)C(C(=O)Nc3ccc(F)cn3)C2(C)C)c(C)n1. The topological polar surface area (TPSA) is 77.0 Å². The second-order valence-corrected chi connectivity index (χ2v) is 8.50. The van der Waals surface area contributed by atoms with E-state index in [1.807, 2.05) is 44.2 Å². The molecule has 4 rings (SSSR count). The summed E-state index contributed by atoms with van der Waals surface area (Å²) in [5.74, 6) is 0.614. The number of carbonyl (C=O) groups excluding carboxylic acids is 1. The van der Waals surface area contributed by atoms with Crippen molar-refractivity contribution >= 4 is 11.7 Å². The molecule has 7 heteroatoms. The molecule has 31 heavy (non-hydrogen) atoms. The quantitative estimate of drug-likeness (QED) is 0.646. The third kappa shape index (κ3) is 3.65. The largest absolute Gasteiger partial charge is 0.489 e. The van der Waals surface area contributed by atoms with E-state index in [2.05, 4.69) is 34.1 Å². The van der Waals surface area contributed by atoms with Crippen molar-refractivity contribution in [3.05, 3.63) is 77.8 Å². The Bertz CT molecular complexity index is 1100. The minimum atomic E-state index is -0.546. The number of pyridine rings is 1. The number of carbonyl (C=O) groups is 1. The lowest BCUT2D eigenvalue weighted by molar-refractivity contribution is -0.118. The molecule has 0 saturated heterocycles. The van der Waals surface area contributed by atoms with Crippen molar-refractivity contribution in [2.45, 2.75) is 33.1 Å². The Labute approximate surface area is 180 Å². The second kappa shape index (κ2) is 7.72. The van der Waals surface area contributed by atoms with Crippen molar-refractivity contribution in [3.63, 3.8) is 0 Å². The Hall–Kier alpha value is -3.35. The van der Waals surface area contributed by atoms with E-state index in [-0.39, 0.29) is 17.2 Å². The summed E-state index contributed by atoms with van der Waals surface area (Å²) in [5, 5.41) is 2.83. The van der Waals surface area contributed by atoms with Crippen LogP contribution in [0.5, 0.6) is 5.75 Å². The molecule has 1 fully saturated rings. The van der Waals surface area contributed by atoms with E-state index in [0.29, 0.717) is 24.0 Å². The van der Waals surface area contributed by atoms with Crippen molar-refractivity contribution in [2.75, 3.05) is 11.9 Å². The Morgan fingerprint density at radius 2 is 1.84 bits per heavy atom. The van der Waals surface area contributed by atoms with Crippen LogP contribution >= 0.6 is 0 Å². The Morgan fingerprint density at radius 3 is 2.48 bits per heavy atom. The summed E-state index contributed by atoms with van der Waals surface area (Å²) in [6.07, 6.45) is 2.75. The van der Waals surface area contributed by atoms with Crippen LogP contribution in [0, 0.1) is 31.0 Å². The number of aryl methyl sites for hydroxylation is 2. The summed E-state index contributed by atoms with van der Waals surface area (Å²) in [6, 6.07) is 12.6. The molecule has 0 spiro atoms. The van der Waals surface area contributed by atoms with Crippen molar-refractivity contribution in [1.29, 1.82) is 0 Å². The number of amides is 1. The van der Waals surface area contributed by atoms with E-state index in [0.717, 1.165) is 17.5 Å². The highest BCUT2D eigenvalue weighted by Crippen LogP contribution is 2.69. The number of ether oxygens (including phenoxy) is 1. The summed E-state index contributed by atoms with van der Waals surface area (Å²) in [4.78, 5) is 25.8. The maximum atomic E-state index is 13.3. The molecule has 1 saturated carbocycles. The molecule has 160 valence electrons. The normalized spacial score (nSPS) is 21.4. The molecular formula is C24H25FN4O2. The molecule has 1 aliphatic rings. The third-order valence-corrected chi connectivity index (χ3v) is 6.32. The lowest BCUT2D eigenvalue weighted by Gasteiger charge is -2.22. The lowest BCUT2D eigenvalue weighted by Crippen LogP contribution is -2.27. The van der Waals surface area contributed by atoms with Crippen LogP contribution in [0.1, 0.15) is 30.9 Å². The molecule has 2 aromatic heterocycles. The number of hydrogen-bond donors (Lipinski definition) is 1. The molecule has 6 nitrogen and oxygen atoms in total. The van der Waals surface area contributed by atoms with Gasteiger partial charge in [-0.3, -0.25) is 4.79 Å². The van der Waals surface area contributed by atoms with E-state index in [4.69, 9.17) is 4.74 Å². The first kappa shape index (κ1) is 20.9. The minimum Gasteiger partial charge on any atom is -0.489 e. The maximum Gasteiger partial charge on any atom is 0.230 e. The van der Waals surface area contributed by atoms with Crippen LogP contribution in [0.2, 0.25) is 0 Å². The standard InChI is InChI=1S/C24H25FN4O2/c1-15-19(13-26-16(2)28-15)31-14-24(17-8-6-5-7-9-17)21(23(24,3)4)22(30)29-20-11-10-18(25)12-27-20/h5-13,21H,14H2,1-4H3,(H,27,29,30). The van der Waals surface area contributed by atoms with Crippen molar-refractivity contribution < 1.29 is 13.9 Å². The highest BCUT2D eigenvalue weighted by molar-refractivity contribution is 5.96. The van der Waals surface area contributed by atoms with Gasteiger partial charge in [0, 0.05) is 5.41 Å². The monoisotopic (exact) mass is 420 g/mol. The molecule has 1 amide bonds. The first-order valence-electron chi connectivity index (χ1n) is 10.2. The summed E-state index contributed by atoms with van der Waals surface area (Å²) < 4.78 is 19.4. The van der Waals surface area contributed by atoms with Crippen molar-refractivity contribution in [2.24, 2.45) is 11.3 Å². The number of benzene rings is 1. The van der Waals surface area contributed by atoms with Crippen molar-refractivity contribution in [3.8, 4) is 5.75 Å². The van der Waals surface area contributed by atoms with Gasteiger partial charge in [-0.05, 0) is 37.0 Å². The van der Waals surface area contributed by atoms with Crippen LogP contribution in [-0.4, -0.2) is 27.5 Å². The zero-order chi connectivity index (χ0) is 22.2. The summed E-state index contributed by atoms with van der Waals surface area (Å²) in [7, 11) is 0. The Kier molecular flexibility index (Phi) is 5.21. The van der Waals surface area contributed by atoms with Gasteiger partial charge in [0.25, 0.3) is 0 Å². The third-order valence-electron chi connectivity index (χ3n) is 6.32. The van der Waals surface area contributed by atoms with Gasteiger partial charge in [-0.1, -0.05) is 44.2 Å². The fourth-order valence-corrected chi connectivity index (χ4v) is 4.59. The molecule has 0 aliphatic heterocycles. The first-order valence-corrected chi connectivity index (χ1v) is 10.2. The predicted molar refractivity (Wildman–Crippen MR) is 115 cm³/mol. The first-order chi connectivity index (χ1) is 14.8. The highest BCUT2D eigenvalue weighted by atomic mass is 19.1. The summed E-state index contributed by atoms with van der Waals surface area (Å²) >= 11 is 0. The average Bonchev–Trinajstić information content (AvgIpc) is 3.25. The number of hydrogen-bond acceptors (Lipinski definition) is 5. The minimum absolute atomic E-state index is 0.173. The summed E-state index contributed by atoms with van der Waals surface area (Å²) in [6.45, 7) is 8.12. The Morgan fingerprint density at radius 1 is 1.10 bits per heavy atom. The predicted octanol–water partition coefficient (Wildman–Crippen LogP) is 4.24. The molecule has 2 atom stereocenters. The van der Waals surface area contributed by atoms with Crippen LogP contribution in [0.15, 0.2) is 54.9 Å². The molecular weight excluding hydrogens is 395 g/mol. The summed E-state index contributed by atoms with van der Waals surface area (Å²) in [5.41, 5.74) is 0.858. The highest BCUT2D eigenvalue weighted by Gasteiger charge is 2.75. The number of nitrogens with zero attached hydrogens (tertiary/aromatic N) is 3. The molecule has 1 N–H and O–H groups in total. The molecule has 2 unspecified atom stereocenters. The fourth-order valence-electron chi connectivity index (χ4n) is 4.59. The smallest absolute Gasteiger partial charge is 0.230 e. The van der Waals surface area contributed by atoms with Gasteiger partial charge in [0.15, 0.2) is 5.75 Å². The molecule has 3 aromatic rings. The van der Waals surface area contributed by atoms with Gasteiger partial charge in [-0.15, -0.1) is 0 Å². The zero-order valence-electron chi connectivity index (χ0n) is 18.0. The number of nitrogens with one attached hydrogen (secondary N) is 1. The van der Waals surface area contributed by atoms with Gasteiger partial charge in [-0.25, -0.2) is 19.3 Å². The van der Waals surface area contributed by atoms with Gasteiger partial charge >= 0.3 is 0 Å². The van der Waals surface area contributed by atoms with Crippen LogP contribution in [0.4, 0.5) is 10.2 Å². The molecule has 1 aromatic carbocycles. The molecule has 0 radical (unpaired) electrons. The lowest BCUT2D eigenvalue weighted by atomic mass is 9.88. The van der Waals surface area contributed by atoms with E-state index in [1.54, 1.807) is 6.20 Å². The molecule has 0 bridgehead atoms. The van der Waals surface area contributed by atoms with E-state index in [9.17, 15) is 9.18 Å². The molecule has 1 aliphatic carbocycles. The number of halogens is 1. The number of aromatic nitrogens is 3. The molecule has 2 heterocycles. The van der Waals surface area contributed by atoms with Crippen LogP contribution < -0.4 is 10.1 Å². The van der Waals surface area contributed by atoms with Gasteiger partial charge < -0.3 is 10.1 Å². The average molecular weight is 420 g/mol.